The van der Waals surface area contributed by atoms with E-state index in [0.29, 0.717) is 37.2 Å². The molecule has 5 rings (SSSR count). The number of nitrogens with one attached hydrogen (secondary N) is 2. The van der Waals surface area contributed by atoms with E-state index < -0.39 is 72.2 Å². The van der Waals surface area contributed by atoms with Crippen LogP contribution >= 0.6 is 11.3 Å². The molecular formula is C49H66N6O12S. The van der Waals surface area contributed by atoms with E-state index in [-0.39, 0.29) is 79.2 Å². The summed E-state index contributed by atoms with van der Waals surface area (Å²) in [6.07, 6.45) is 4.75. The molecule has 2 fully saturated rings. The molecule has 0 spiro atoms. The second kappa shape index (κ2) is 24.0. The second-order valence-corrected chi connectivity index (χ2v) is 19.4. The van der Waals surface area contributed by atoms with Gasteiger partial charge in [-0.05, 0) is 62.8 Å². The number of hydrogen-bond donors (Lipinski definition) is 3. The number of carbonyl (C=O) groups is 9. The van der Waals surface area contributed by atoms with Gasteiger partial charge in [0.25, 0.3) is 23.6 Å². The molecule has 3 N–H and O–H groups in total. The summed E-state index contributed by atoms with van der Waals surface area (Å²) in [4.78, 5) is 126. The second-order valence-electron chi connectivity index (χ2n) is 18.5. The number of thiazole rings is 1. The largest absolute Gasteiger partial charge is 0.480 e. The molecule has 68 heavy (non-hydrogen) atoms. The molecule has 0 bridgehead atoms. The number of hydrogen-bond acceptors (Lipinski definition) is 13. The zero-order valence-electron chi connectivity index (χ0n) is 40.1. The van der Waals surface area contributed by atoms with Crippen LogP contribution in [0.2, 0.25) is 0 Å². The third-order valence-corrected chi connectivity index (χ3v) is 14.2. The lowest BCUT2D eigenvalue weighted by Gasteiger charge is -2.38. The summed E-state index contributed by atoms with van der Waals surface area (Å²) in [7, 11) is 1.68. The van der Waals surface area contributed by atoms with Crippen molar-refractivity contribution in [1.29, 1.82) is 0 Å². The van der Waals surface area contributed by atoms with Crippen molar-refractivity contribution in [3.8, 4) is 0 Å². The highest BCUT2D eigenvalue weighted by atomic mass is 32.1. The third-order valence-electron chi connectivity index (χ3n) is 13.3. The number of carboxylic acids is 1. The lowest BCUT2D eigenvalue weighted by Crippen LogP contribution is -2.50. The van der Waals surface area contributed by atoms with Crippen molar-refractivity contribution in [3.05, 3.63) is 64.1 Å². The van der Waals surface area contributed by atoms with Gasteiger partial charge in [0.15, 0.2) is 17.5 Å². The number of amides is 6. The van der Waals surface area contributed by atoms with Crippen molar-refractivity contribution in [2.45, 2.75) is 142 Å². The lowest BCUT2D eigenvalue weighted by atomic mass is 9.82. The Morgan fingerprint density at radius 3 is 2.35 bits per heavy atom. The summed E-state index contributed by atoms with van der Waals surface area (Å²) in [6, 6.07) is 7.38. The van der Waals surface area contributed by atoms with Gasteiger partial charge in [-0.3, -0.25) is 48.1 Å². The number of likely N-dealkylation sites (tertiary alicyclic amines) is 1. The molecule has 2 aromatic rings. The van der Waals surface area contributed by atoms with E-state index in [4.69, 9.17) is 14.6 Å². The van der Waals surface area contributed by atoms with Crippen molar-refractivity contribution >= 4 is 64.5 Å². The lowest BCUT2D eigenvalue weighted by molar-refractivity contribution is -0.150. The number of aliphatic carboxylic acids is 1. The first kappa shape index (κ1) is 53.1. The van der Waals surface area contributed by atoms with Crippen LogP contribution in [0, 0.1) is 17.8 Å². The highest BCUT2D eigenvalue weighted by molar-refractivity contribution is 7.09. The maximum absolute atomic E-state index is 14.6. The van der Waals surface area contributed by atoms with Gasteiger partial charge in [-0.25, -0.2) is 4.98 Å². The van der Waals surface area contributed by atoms with Gasteiger partial charge in [0, 0.05) is 75.8 Å². The molecule has 2 unspecified atom stereocenters. The molecule has 6 amide bonds. The van der Waals surface area contributed by atoms with E-state index in [1.54, 1.807) is 16.8 Å². The first-order valence-electron chi connectivity index (χ1n) is 23.5. The van der Waals surface area contributed by atoms with E-state index in [2.05, 4.69) is 15.6 Å². The number of esters is 1. The van der Waals surface area contributed by atoms with Crippen LogP contribution in [0.1, 0.15) is 126 Å². The number of carbonyl (C=O) groups excluding carboxylic acids is 8. The predicted octanol–water partition coefficient (Wildman–Crippen LogP) is 4.42. The number of nitrogens with zero attached hydrogens (tertiary/aromatic N) is 4. The van der Waals surface area contributed by atoms with Crippen molar-refractivity contribution in [2.24, 2.45) is 17.8 Å². The van der Waals surface area contributed by atoms with Gasteiger partial charge in [-0.15, -0.1) is 11.3 Å². The number of piperidine rings is 1. The van der Waals surface area contributed by atoms with Gasteiger partial charge in [-0.2, -0.15) is 0 Å². The number of imide groups is 1. The van der Waals surface area contributed by atoms with Gasteiger partial charge in [0.2, 0.25) is 11.8 Å². The summed E-state index contributed by atoms with van der Waals surface area (Å²) in [5.74, 6) is -5.38. The average molecular weight is 963 g/mol. The quantitative estimate of drug-likeness (QED) is 0.0541. The Labute approximate surface area is 401 Å². The smallest absolute Gasteiger partial charge is 0.322 e. The molecule has 0 aliphatic carbocycles. The van der Waals surface area contributed by atoms with Crippen molar-refractivity contribution < 1.29 is 57.7 Å². The van der Waals surface area contributed by atoms with Crippen molar-refractivity contribution in [2.75, 3.05) is 26.7 Å². The fourth-order valence-corrected chi connectivity index (χ4v) is 9.93. The summed E-state index contributed by atoms with van der Waals surface area (Å²) in [6.45, 7) is 10.6. The minimum absolute atomic E-state index is 0.0293. The Kier molecular flexibility index (Phi) is 18.7. The number of rotatable bonds is 25. The summed E-state index contributed by atoms with van der Waals surface area (Å²) in [5.41, 5.74) is -0.501. The molecule has 1 aromatic heterocycles. The molecule has 19 heteroatoms. The molecule has 2 saturated heterocycles. The maximum atomic E-state index is 14.6. The normalized spacial score (nSPS) is 21.1. The first-order valence-corrected chi connectivity index (χ1v) is 24.4. The first-order chi connectivity index (χ1) is 32.2. The Balaban J connectivity index is 1.27. The van der Waals surface area contributed by atoms with Crippen molar-refractivity contribution in [1.82, 2.24) is 30.3 Å². The van der Waals surface area contributed by atoms with Crippen LogP contribution in [-0.4, -0.2) is 134 Å². The van der Waals surface area contributed by atoms with E-state index in [1.807, 2.05) is 58.0 Å². The number of ketones is 1. The van der Waals surface area contributed by atoms with Crippen LogP contribution in [0.25, 0.3) is 0 Å². The van der Waals surface area contributed by atoms with Gasteiger partial charge in [0.1, 0.15) is 23.4 Å². The Hall–Kier alpha value is -5.82. The van der Waals surface area contributed by atoms with Gasteiger partial charge in [0.05, 0.1) is 12.1 Å². The minimum Gasteiger partial charge on any atom is -0.480 e. The van der Waals surface area contributed by atoms with Crippen LogP contribution in [0.4, 0.5) is 0 Å². The number of carboxylic acid groups (broad SMARTS) is 1. The molecule has 0 saturated carbocycles. The number of benzene rings is 1. The van der Waals surface area contributed by atoms with E-state index in [9.17, 15) is 43.2 Å². The van der Waals surface area contributed by atoms with Crippen LogP contribution in [-0.2, 0) is 54.3 Å². The Morgan fingerprint density at radius 2 is 1.72 bits per heavy atom. The summed E-state index contributed by atoms with van der Waals surface area (Å²) in [5, 5.41) is 16.2. The number of aromatic nitrogens is 1. The zero-order chi connectivity index (χ0) is 49.9. The Bertz CT molecular complexity index is 2200. The van der Waals surface area contributed by atoms with Crippen LogP contribution in [0.5, 0.6) is 0 Å². The van der Waals surface area contributed by atoms with Crippen LogP contribution < -0.4 is 10.6 Å². The topological polar surface area (TPSA) is 242 Å². The van der Waals surface area contributed by atoms with Gasteiger partial charge in [-0.1, -0.05) is 64.4 Å². The number of epoxide rings is 1. The van der Waals surface area contributed by atoms with Crippen LogP contribution in [0.3, 0.4) is 0 Å². The third kappa shape index (κ3) is 13.7. The highest BCUT2D eigenvalue weighted by Crippen LogP contribution is 2.40. The fourth-order valence-electron chi connectivity index (χ4n) is 9.09. The SMILES string of the molecule is CC[C@H](C)[C@H](CC(=O)[C@H]1CCCCN1C(=O)CCCCN1C(=O)C=CC1=O)C(=O)N(C)[C@H](C[C@@H](OC(C)=O)c1nc(C(=O)N[C@@H](Cc2ccccc2)C2OC2(C)C(=O)NCC(=O)O)cs1)C(C)C. The number of unbranched alkanes of at least 4 members (excludes halogenated alkanes) is 1. The predicted molar refractivity (Wildman–Crippen MR) is 250 cm³/mol. The monoisotopic (exact) mass is 962 g/mol. The molecule has 0 radical (unpaired) electrons. The van der Waals surface area contributed by atoms with Gasteiger partial charge >= 0.3 is 11.9 Å². The molecule has 8 atom stereocenters. The highest BCUT2D eigenvalue weighted by Gasteiger charge is 2.62. The molecule has 3 aliphatic heterocycles. The molecule has 370 valence electrons. The summed E-state index contributed by atoms with van der Waals surface area (Å²) < 4.78 is 11.6. The van der Waals surface area contributed by atoms with Crippen molar-refractivity contribution in [3.63, 3.8) is 0 Å². The van der Waals surface area contributed by atoms with Crippen LogP contribution in [0.15, 0.2) is 47.9 Å². The average Bonchev–Trinajstić information content (AvgIpc) is 3.58. The number of Topliss-reactive ketones (excluding diaryl/α,β-unsaturated/α-hetero) is 1. The van der Waals surface area contributed by atoms with Gasteiger partial charge < -0.3 is 35.0 Å². The van der Waals surface area contributed by atoms with E-state index in [1.165, 1.54) is 31.4 Å². The van der Waals surface area contributed by atoms with E-state index in [0.717, 1.165) is 34.6 Å². The molecule has 4 heterocycles. The zero-order valence-corrected chi connectivity index (χ0v) is 40.9. The Morgan fingerprint density at radius 1 is 1.03 bits per heavy atom. The standard InChI is InChI=1S/C49H66N6O12S/c1-8-30(4)33(25-38(57)36-18-12-14-22-54(36)40(58)19-13-15-23-55-41(59)20-21-42(55)60)47(64)53(7)37(29(2)3)26-39(66-31(5)56)46-52-35(28-68-46)45(63)51-34(24-32-16-10-9-11-17-32)44-49(6,67-44)48(65)50-27-43(61)62/h9-11,16-17,20-21,28-30,33-34,36-37,39,44H,8,12-15,18-19,22-27H2,1-7H3,(H,50,65)(H,51,63)(H,61,62)/t30-,33-,34-,36+,37+,39+,44?,49?/m0/s1. The molecule has 18 nitrogen and oxygen atoms in total. The molecule has 1 aromatic carbocycles. The molecular weight excluding hydrogens is 897 g/mol. The summed E-state index contributed by atoms with van der Waals surface area (Å²) >= 11 is 1.11. The van der Waals surface area contributed by atoms with E-state index >= 15 is 0 Å². The fraction of sp³-hybridized carbons (Fsp3) is 0.592. The number of ether oxygens (including phenoxy) is 2. The molecule has 3 aliphatic rings. The maximum Gasteiger partial charge on any atom is 0.322 e. The minimum atomic E-state index is -1.39.